The molecule has 0 saturated carbocycles. The number of hydrogen-bond acceptors (Lipinski definition) is 8. The Labute approximate surface area is 180 Å². The highest BCUT2D eigenvalue weighted by molar-refractivity contribution is 8.01. The number of non-ortho nitro benzene ring substituents is 1. The van der Waals surface area contributed by atoms with E-state index >= 15 is 0 Å². The van der Waals surface area contributed by atoms with Crippen LogP contribution in [-0.2, 0) is 11.2 Å². The van der Waals surface area contributed by atoms with E-state index in [9.17, 15) is 19.7 Å². The molecule has 3 rings (SSSR count). The summed E-state index contributed by atoms with van der Waals surface area (Å²) in [5.41, 5.74) is 1.88. The number of nitrogens with one attached hydrogen (secondary N) is 2. The van der Waals surface area contributed by atoms with E-state index in [2.05, 4.69) is 27.8 Å². The van der Waals surface area contributed by atoms with Gasteiger partial charge in [0.2, 0.25) is 11.0 Å². The van der Waals surface area contributed by atoms with Crippen molar-refractivity contribution in [1.29, 1.82) is 0 Å². The lowest BCUT2D eigenvalue weighted by atomic mass is 10.1. The zero-order valence-electron chi connectivity index (χ0n) is 15.8. The van der Waals surface area contributed by atoms with Crippen molar-refractivity contribution in [1.82, 2.24) is 10.2 Å². The lowest BCUT2D eigenvalue weighted by molar-refractivity contribution is -0.384. The first-order valence-corrected chi connectivity index (χ1v) is 10.7. The van der Waals surface area contributed by atoms with E-state index in [0.717, 1.165) is 23.4 Å². The van der Waals surface area contributed by atoms with Gasteiger partial charge in [-0.05, 0) is 30.2 Å². The summed E-state index contributed by atoms with van der Waals surface area (Å²) in [5, 5.41) is 24.2. The maximum absolute atomic E-state index is 12.2. The molecule has 2 aromatic carbocycles. The number of thioether (sulfide) groups is 1. The van der Waals surface area contributed by atoms with Gasteiger partial charge in [0.25, 0.3) is 11.6 Å². The van der Waals surface area contributed by atoms with Crippen molar-refractivity contribution in [3.05, 3.63) is 69.8 Å². The molecule has 30 heavy (non-hydrogen) atoms. The number of nitro benzene ring substituents is 1. The normalized spacial score (nSPS) is 10.4. The number of rotatable bonds is 8. The monoisotopic (exact) mass is 443 g/mol. The highest BCUT2D eigenvalue weighted by atomic mass is 32.2. The number of anilines is 2. The van der Waals surface area contributed by atoms with Crippen molar-refractivity contribution in [2.45, 2.75) is 17.7 Å². The lowest BCUT2D eigenvalue weighted by Gasteiger charge is -2.05. The van der Waals surface area contributed by atoms with Crippen LogP contribution in [-0.4, -0.2) is 32.7 Å². The third-order valence-electron chi connectivity index (χ3n) is 3.92. The van der Waals surface area contributed by atoms with Crippen molar-refractivity contribution in [2.24, 2.45) is 0 Å². The van der Waals surface area contributed by atoms with Gasteiger partial charge in [-0.2, -0.15) is 0 Å². The third-order valence-corrected chi connectivity index (χ3v) is 5.89. The van der Waals surface area contributed by atoms with Gasteiger partial charge in [-0.3, -0.25) is 25.0 Å². The molecular weight excluding hydrogens is 426 g/mol. The molecule has 9 nitrogen and oxygen atoms in total. The Balaban J connectivity index is 1.52. The molecule has 0 spiro atoms. The van der Waals surface area contributed by atoms with Gasteiger partial charge in [0.1, 0.15) is 0 Å². The molecule has 0 atom stereocenters. The number of carbonyl (C=O) groups excluding carboxylic acids is 2. The standard InChI is InChI=1S/C19H17N5O4S2/c1-2-12-6-8-14(9-7-12)20-16(25)11-29-19-23-22-18(30-19)21-17(26)13-4-3-5-15(10-13)24(27)28/h3-10H,2,11H2,1H3,(H,20,25)(H,21,22,26). The number of aryl methyl sites for hydroxylation is 1. The fourth-order valence-electron chi connectivity index (χ4n) is 2.40. The van der Waals surface area contributed by atoms with Crippen LogP contribution in [0, 0.1) is 10.1 Å². The van der Waals surface area contributed by atoms with Crippen LogP contribution in [0.2, 0.25) is 0 Å². The molecule has 0 saturated heterocycles. The maximum Gasteiger partial charge on any atom is 0.270 e. The minimum Gasteiger partial charge on any atom is -0.325 e. The van der Waals surface area contributed by atoms with Crippen LogP contribution in [0.1, 0.15) is 22.8 Å². The van der Waals surface area contributed by atoms with E-state index in [1.54, 1.807) is 0 Å². The predicted molar refractivity (Wildman–Crippen MR) is 116 cm³/mol. The molecule has 0 bridgehead atoms. The van der Waals surface area contributed by atoms with Crippen molar-refractivity contribution in [3.63, 3.8) is 0 Å². The van der Waals surface area contributed by atoms with Gasteiger partial charge in [-0.15, -0.1) is 10.2 Å². The summed E-state index contributed by atoms with van der Waals surface area (Å²) < 4.78 is 0.515. The van der Waals surface area contributed by atoms with Gasteiger partial charge in [-0.25, -0.2) is 0 Å². The largest absolute Gasteiger partial charge is 0.325 e. The van der Waals surface area contributed by atoms with Gasteiger partial charge < -0.3 is 5.32 Å². The molecule has 154 valence electrons. The summed E-state index contributed by atoms with van der Waals surface area (Å²) in [6.07, 6.45) is 0.932. The highest BCUT2D eigenvalue weighted by Gasteiger charge is 2.14. The van der Waals surface area contributed by atoms with Crippen LogP contribution in [0.15, 0.2) is 52.9 Å². The minimum absolute atomic E-state index is 0.141. The Hall–Kier alpha value is -3.31. The number of aromatic nitrogens is 2. The molecule has 0 radical (unpaired) electrons. The van der Waals surface area contributed by atoms with Gasteiger partial charge in [0.15, 0.2) is 4.34 Å². The fourth-order valence-corrected chi connectivity index (χ4v) is 3.94. The molecule has 11 heteroatoms. The average Bonchev–Trinajstić information content (AvgIpc) is 3.20. The third kappa shape index (κ3) is 5.84. The summed E-state index contributed by atoms with van der Waals surface area (Å²) in [6, 6.07) is 13.0. The average molecular weight is 444 g/mol. The Bertz CT molecular complexity index is 1070. The van der Waals surface area contributed by atoms with Crippen LogP contribution >= 0.6 is 23.1 Å². The first kappa shape index (κ1) is 21.4. The van der Waals surface area contributed by atoms with E-state index in [0.29, 0.717) is 4.34 Å². The van der Waals surface area contributed by atoms with Crippen LogP contribution < -0.4 is 10.6 Å². The van der Waals surface area contributed by atoms with E-state index in [-0.39, 0.29) is 28.0 Å². The number of carbonyl (C=O) groups is 2. The van der Waals surface area contributed by atoms with Crippen LogP contribution in [0.25, 0.3) is 0 Å². The topological polar surface area (TPSA) is 127 Å². The molecule has 2 N–H and O–H groups in total. The second kappa shape index (κ2) is 9.94. The molecular formula is C19H17N5O4S2. The first-order chi connectivity index (χ1) is 14.4. The molecule has 0 fully saturated rings. The molecule has 0 aliphatic heterocycles. The fraction of sp³-hybridized carbons (Fsp3) is 0.158. The second-order valence-electron chi connectivity index (χ2n) is 6.02. The summed E-state index contributed by atoms with van der Waals surface area (Å²) >= 11 is 2.31. The van der Waals surface area contributed by atoms with Crippen LogP contribution in [0.5, 0.6) is 0 Å². The molecule has 3 aromatic rings. The number of nitro groups is 1. The number of amides is 2. The molecule has 2 amide bonds. The van der Waals surface area contributed by atoms with Crippen molar-refractivity contribution < 1.29 is 14.5 Å². The molecule has 1 heterocycles. The van der Waals surface area contributed by atoms with E-state index in [4.69, 9.17) is 0 Å². The van der Waals surface area contributed by atoms with Crippen LogP contribution in [0.3, 0.4) is 0 Å². The Kier molecular flexibility index (Phi) is 7.09. The Morgan fingerprint density at radius 2 is 1.90 bits per heavy atom. The Morgan fingerprint density at radius 3 is 2.60 bits per heavy atom. The van der Waals surface area contributed by atoms with Gasteiger partial charge in [0.05, 0.1) is 10.7 Å². The lowest BCUT2D eigenvalue weighted by Crippen LogP contribution is -2.13. The van der Waals surface area contributed by atoms with Gasteiger partial charge in [-0.1, -0.05) is 48.2 Å². The number of benzene rings is 2. The maximum atomic E-state index is 12.2. The van der Waals surface area contributed by atoms with E-state index in [1.807, 2.05) is 24.3 Å². The minimum atomic E-state index is -0.570. The zero-order chi connectivity index (χ0) is 21.5. The summed E-state index contributed by atoms with van der Waals surface area (Å²) in [5.74, 6) is -0.565. The number of nitrogens with zero attached hydrogens (tertiary/aromatic N) is 3. The van der Waals surface area contributed by atoms with Gasteiger partial charge >= 0.3 is 0 Å². The van der Waals surface area contributed by atoms with E-state index < -0.39 is 10.8 Å². The molecule has 0 aliphatic rings. The zero-order valence-corrected chi connectivity index (χ0v) is 17.5. The second-order valence-corrected chi connectivity index (χ2v) is 8.22. The molecule has 1 aromatic heterocycles. The smallest absolute Gasteiger partial charge is 0.270 e. The van der Waals surface area contributed by atoms with Crippen molar-refractivity contribution in [2.75, 3.05) is 16.4 Å². The predicted octanol–water partition coefficient (Wildman–Crippen LogP) is 3.99. The van der Waals surface area contributed by atoms with Crippen molar-refractivity contribution >= 4 is 51.4 Å². The number of hydrogen-bond donors (Lipinski definition) is 2. The quantitative estimate of drug-likeness (QED) is 0.233. The molecule has 0 unspecified atom stereocenters. The summed E-state index contributed by atoms with van der Waals surface area (Å²) in [4.78, 5) is 34.6. The highest BCUT2D eigenvalue weighted by Crippen LogP contribution is 2.26. The first-order valence-electron chi connectivity index (χ1n) is 8.85. The summed E-state index contributed by atoms with van der Waals surface area (Å²) in [7, 11) is 0. The van der Waals surface area contributed by atoms with Crippen molar-refractivity contribution in [3.8, 4) is 0 Å². The van der Waals surface area contributed by atoms with Crippen LogP contribution in [0.4, 0.5) is 16.5 Å². The van der Waals surface area contributed by atoms with Gasteiger partial charge in [0, 0.05) is 23.4 Å². The van der Waals surface area contributed by atoms with E-state index in [1.165, 1.54) is 41.6 Å². The SMILES string of the molecule is CCc1ccc(NC(=O)CSc2nnc(NC(=O)c3cccc([N+](=O)[O-])c3)s2)cc1. The summed E-state index contributed by atoms with van der Waals surface area (Å²) in [6.45, 7) is 2.06. The Morgan fingerprint density at radius 1 is 1.13 bits per heavy atom. The molecule has 0 aliphatic carbocycles.